The molecule has 4 rings (SSSR count). The monoisotopic (exact) mass is 292 g/mol. The summed E-state index contributed by atoms with van der Waals surface area (Å²) in [5, 5.41) is 3.20. The minimum Gasteiger partial charge on any atom is -0.354 e. The molecule has 4 fully saturated rings. The van der Waals surface area contributed by atoms with Gasteiger partial charge in [-0.1, -0.05) is 26.7 Å². The minimum atomic E-state index is 0.112. The third-order valence-electron chi connectivity index (χ3n) is 6.70. The van der Waals surface area contributed by atoms with Crippen molar-refractivity contribution in [3.8, 4) is 0 Å². The van der Waals surface area contributed by atoms with E-state index < -0.39 is 0 Å². The van der Waals surface area contributed by atoms with Gasteiger partial charge in [0.15, 0.2) is 0 Å². The van der Waals surface area contributed by atoms with Crippen molar-refractivity contribution in [3.05, 3.63) is 0 Å². The van der Waals surface area contributed by atoms with Gasteiger partial charge in [0.2, 0.25) is 5.91 Å². The topological polar surface area (TPSA) is 55.1 Å². The van der Waals surface area contributed by atoms with E-state index in [-0.39, 0.29) is 6.04 Å². The molecule has 1 atom stereocenters. The van der Waals surface area contributed by atoms with Gasteiger partial charge in [0.25, 0.3) is 0 Å². The lowest BCUT2D eigenvalue weighted by Gasteiger charge is -2.53. The molecule has 0 aromatic carbocycles. The van der Waals surface area contributed by atoms with Crippen LogP contribution in [-0.2, 0) is 4.79 Å². The van der Waals surface area contributed by atoms with E-state index >= 15 is 0 Å². The molecular formula is C18H32N2O. The Labute approximate surface area is 129 Å². The van der Waals surface area contributed by atoms with Crippen molar-refractivity contribution in [2.45, 2.75) is 64.8 Å². The van der Waals surface area contributed by atoms with E-state index in [1.807, 2.05) is 0 Å². The third-order valence-corrected chi connectivity index (χ3v) is 6.70. The van der Waals surface area contributed by atoms with Crippen LogP contribution in [0, 0.1) is 35.5 Å². The summed E-state index contributed by atoms with van der Waals surface area (Å²) < 4.78 is 0. The first-order valence-corrected chi connectivity index (χ1v) is 9.15. The Bertz CT molecular complexity index is 349. The largest absolute Gasteiger partial charge is 0.354 e. The molecule has 1 unspecified atom stereocenters. The van der Waals surface area contributed by atoms with Crippen LogP contribution in [0.15, 0.2) is 0 Å². The zero-order chi connectivity index (χ0) is 15.0. The van der Waals surface area contributed by atoms with Crippen molar-refractivity contribution < 1.29 is 4.79 Å². The summed E-state index contributed by atoms with van der Waals surface area (Å²) in [5.41, 5.74) is 6.25. The highest BCUT2D eigenvalue weighted by molar-refractivity contribution is 5.79. The van der Waals surface area contributed by atoms with Crippen LogP contribution in [0.3, 0.4) is 0 Å². The van der Waals surface area contributed by atoms with Crippen molar-refractivity contribution >= 4 is 5.91 Å². The molecule has 0 aliphatic heterocycles. The van der Waals surface area contributed by atoms with E-state index in [1.54, 1.807) is 0 Å². The second-order valence-electron chi connectivity index (χ2n) is 7.94. The Morgan fingerprint density at radius 2 is 1.57 bits per heavy atom. The van der Waals surface area contributed by atoms with Gasteiger partial charge in [-0.2, -0.15) is 0 Å². The SMILES string of the molecule is CCC(CC)C(N)CNC(=O)C1C2CC3CC(C2)CC1C3. The molecule has 3 nitrogen and oxygen atoms in total. The molecular weight excluding hydrogens is 260 g/mol. The first-order chi connectivity index (χ1) is 10.1. The molecule has 1 amide bonds. The van der Waals surface area contributed by atoms with Gasteiger partial charge < -0.3 is 11.1 Å². The lowest BCUT2D eigenvalue weighted by molar-refractivity contribution is -0.138. The number of hydrogen-bond acceptors (Lipinski definition) is 2. The average Bonchev–Trinajstić information content (AvgIpc) is 2.45. The second kappa shape index (κ2) is 6.28. The van der Waals surface area contributed by atoms with Crippen LogP contribution in [0.25, 0.3) is 0 Å². The predicted molar refractivity (Wildman–Crippen MR) is 85.6 cm³/mol. The molecule has 21 heavy (non-hydrogen) atoms. The summed E-state index contributed by atoms with van der Waals surface area (Å²) in [7, 11) is 0. The highest BCUT2D eigenvalue weighted by atomic mass is 16.1. The number of carbonyl (C=O) groups is 1. The van der Waals surface area contributed by atoms with Gasteiger partial charge in [-0.15, -0.1) is 0 Å². The quantitative estimate of drug-likeness (QED) is 0.791. The first kappa shape index (κ1) is 15.3. The van der Waals surface area contributed by atoms with Crippen molar-refractivity contribution in [2.75, 3.05) is 6.54 Å². The summed E-state index contributed by atoms with van der Waals surface area (Å²) in [6.07, 6.45) is 8.89. The summed E-state index contributed by atoms with van der Waals surface area (Å²) in [5.74, 6) is 4.35. The molecule has 120 valence electrons. The lowest BCUT2D eigenvalue weighted by atomic mass is 9.51. The maximum Gasteiger partial charge on any atom is 0.223 e. The van der Waals surface area contributed by atoms with Crippen LogP contribution < -0.4 is 11.1 Å². The van der Waals surface area contributed by atoms with Crippen LogP contribution in [-0.4, -0.2) is 18.5 Å². The Balaban J connectivity index is 1.54. The van der Waals surface area contributed by atoms with Gasteiger partial charge in [0.1, 0.15) is 0 Å². The number of hydrogen-bond donors (Lipinski definition) is 2. The molecule has 4 aliphatic carbocycles. The molecule has 0 aromatic rings. The van der Waals surface area contributed by atoms with Gasteiger partial charge in [-0.3, -0.25) is 4.79 Å². The Morgan fingerprint density at radius 3 is 2.05 bits per heavy atom. The van der Waals surface area contributed by atoms with Crippen molar-refractivity contribution in [1.29, 1.82) is 0 Å². The van der Waals surface area contributed by atoms with Crippen LogP contribution in [0.5, 0.6) is 0 Å². The minimum absolute atomic E-state index is 0.112. The van der Waals surface area contributed by atoms with Crippen LogP contribution in [0.1, 0.15) is 58.8 Å². The molecule has 0 spiro atoms. The van der Waals surface area contributed by atoms with Gasteiger partial charge >= 0.3 is 0 Å². The fourth-order valence-electron chi connectivity index (χ4n) is 5.75. The number of nitrogens with two attached hydrogens (primary N) is 1. The summed E-state index contributed by atoms with van der Waals surface area (Å²) in [6, 6.07) is 0.112. The zero-order valence-corrected chi connectivity index (χ0v) is 13.7. The van der Waals surface area contributed by atoms with Crippen LogP contribution in [0.4, 0.5) is 0 Å². The van der Waals surface area contributed by atoms with E-state index in [4.69, 9.17) is 5.73 Å². The highest BCUT2D eigenvalue weighted by Gasteiger charge is 2.50. The maximum absolute atomic E-state index is 12.7. The van der Waals surface area contributed by atoms with Crippen molar-refractivity contribution in [1.82, 2.24) is 5.32 Å². The maximum atomic E-state index is 12.7. The average molecular weight is 292 g/mol. The summed E-state index contributed by atoms with van der Waals surface area (Å²) >= 11 is 0. The number of nitrogens with one attached hydrogen (secondary N) is 1. The number of carbonyl (C=O) groups excluding carboxylic acids is 1. The molecule has 3 heteroatoms. The fourth-order valence-corrected chi connectivity index (χ4v) is 5.75. The van der Waals surface area contributed by atoms with Gasteiger partial charge in [0, 0.05) is 18.5 Å². The molecule has 3 N–H and O–H groups in total. The molecule has 4 saturated carbocycles. The van der Waals surface area contributed by atoms with Crippen molar-refractivity contribution in [3.63, 3.8) is 0 Å². The highest BCUT2D eigenvalue weighted by Crippen LogP contribution is 2.56. The Hall–Kier alpha value is -0.570. The zero-order valence-electron chi connectivity index (χ0n) is 13.7. The normalized spacial score (nSPS) is 38.8. The van der Waals surface area contributed by atoms with E-state index in [2.05, 4.69) is 19.2 Å². The molecule has 0 aromatic heterocycles. The smallest absolute Gasteiger partial charge is 0.223 e. The second-order valence-corrected chi connectivity index (χ2v) is 7.94. The third kappa shape index (κ3) is 2.99. The standard InChI is InChI=1S/C18H32N2O/c1-3-13(4-2)16(19)10-20-18(21)17-14-6-11-5-12(8-14)9-15(17)7-11/h11-17H,3-10,19H2,1-2H3,(H,20,21). The van der Waals surface area contributed by atoms with Crippen LogP contribution in [0.2, 0.25) is 0 Å². The molecule has 0 saturated heterocycles. The van der Waals surface area contributed by atoms with Crippen LogP contribution >= 0.6 is 0 Å². The Morgan fingerprint density at radius 1 is 1.05 bits per heavy atom. The Kier molecular flexibility index (Phi) is 4.58. The molecule has 4 bridgehead atoms. The van der Waals surface area contributed by atoms with Gasteiger partial charge in [-0.25, -0.2) is 0 Å². The summed E-state index contributed by atoms with van der Waals surface area (Å²) in [4.78, 5) is 12.7. The van der Waals surface area contributed by atoms with Gasteiger partial charge in [-0.05, 0) is 61.7 Å². The number of rotatable bonds is 6. The predicted octanol–water partition coefficient (Wildman–Crippen LogP) is 2.94. The van der Waals surface area contributed by atoms with E-state index in [1.165, 1.54) is 32.1 Å². The van der Waals surface area contributed by atoms with E-state index in [0.717, 1.165) is 24.7 Å². The van der Waals surface area contributed by atoms with Gasteiger partial charge in [0.05, 0.1) is 0 Å². The van der Waals surface area contributed by atoms with E-state index in [0.29, 0.717) is 36.1 Å². The molecule has 0 radical (unpaired) electrons. The van der Waals surface area contributed by atoms with E-state index in [9.17, 15) is 4.79 Å². The van der Waals surface area contributed by atoms with Crippen molar-refractivity contribution in [2.24, 2.45) is 41.2 Å². The molecule has 4 aliphatic rings. The summed E-state index contributed by atoms with van der Waals surface area (Å²) in [6.45, 7) is 5.04. The fraction of sp³-hybridized carbons (Fsp3) is 0.944. The number of amides is 1. The lowest BCUT2D eigenvalue weighted by Crippen LogP contribution is -2.52. The first-order valence-electron chi connectivity index (χ1n) is 9.15. The molecule has 0 heterocycles.